The number of fused-ring (bicyclic) bond motifs is 1. The summed E-state index contributed by atoms with van der Waals surface area (Å²) in [6.07, 6.45) is 1.83. The second-order valence-corrected chi connectivity index (χ2v) is 6.88. The van der Waals surface area contributed by atoms with E-state index < -0.39 is 0 Å². The van der Waals surface area contributed by atoms with Gasteiger partial charge in [0.15, 0.2) is 0 Å². The van der Waals surface area contributed by atoms with Gasteiger partial charge in [-0.05, 0) is 31.5 Å². The second kappa shape index (κ2) is 7.20. The summed E-state index contributed by atoms with van der Waals surface area (Å²) in [5.41, 5.74) is 6.81. The van der Waals surface area contributed by atoms with Crippen LogP contribution in [-0.4, -0.2) is 19.9 Å². The summed E-state index contributed by atoms with van der Waals surface area (Å²) in [6.45, 7) is 4.65. The van der Waals surface area contributed by atoms with Crippen LogP contribution in [0.4, 0.5) is 0 Å². The molecule has 0 aliphatic carbocycles. The van der Waals surface area contributed by atoms with Gasteiger partial charge in [-0.25, -0.2) is 10.4 Å². The Morgan fingerprint density at radius 3 is 2.74 bits per heavy atom. The lowest BCUT2D eigenvalue weighted by Crippen LogP contribution is -2.25. The highest BCUT2D eigenvalue weighted by atomic mass is 32.1. The quantitative estimate of drug-likeness (QED) is 0.554. The lowest BCUT2D eigenvalue weighted by molar-refractivity contribution is 0.0946. The van der Waals surface area contributed by atoms with E-state index in [1.54, 1.807) is 4.40 Å². The summed E-state index contributed by atoms with van der Waals surface area (Å²) in [7, 11) is 0. The number of aryl methyl sites for hydroxylation is 1. The van der Waals surface area contributed by atoms with Gasteiger partial charge in [0.1, 0.15) is 11.3 Å². The van der Waals surface area contributed by atoms with Crippen LogP contribution in [0.5, 0.6) is 0 Å². The van der Waals surface area contributed by atoms with E-state index in [0.29, 0.717) is 11.4 Å². The summed E-state index contributed by atoms with van der Waals surface area (Å²) in [4.78, 5) is 17.9. The van der Waals surface area contributed by atoms with Crippen LogP contribution in [0.25, 0.3) is 16.9 Å². The minimum absolute atomic E-state index is 0.275. The van der Waals surface area contributed by atoms with E-state index in [2.05, 4.69) is 44.5 Å². The first-order chi connectivity index (χ1) is 13.2. The number of carbonyl (C=O) groups excluding carboxylic acids is 1. The van der Waals surface area contributed by atoms with Crippen molar-refractivity contribution in [3.05, 3.63) is 76.3 Å². The molecule has 0 fully saturated rings. The Bertz CT molecular complexity index is 1170. The summed E-state index contributed by atoms with van der Waals surface area (Å²) in [5.74, 6) is -0.275. The molecule has 1 aromatic carbocycles. The Labute approximate surface area is 160 Å². The number of pyridine rings is 1. The fraction of sp³-hybridized carbons (Fsp3) is 0.150. The van der Waals surface area contributed by atoms with Gasteiger partial charge in [-0.3, -0.25) is 9.20 Å². The summed E-state index contributed by atoms with van der Waals surface area (Å²) in [5, 5.41) is 6.43. The Hall–Kier alpha value is -3.19. The Kier molecular flexibility index (Phi) is 4.60. The molecular weight excluding hydrogens is 358 g/mol. The van der Waals surface area contributed by atoms with Gasteiger partial charge in [-0.2, -0.15) is 0 Å². The standard InChI is InChI=1S/C20H19N5OS/c1-3-24-16(15-9-5-4-6-10-15)13-27-20(24)23-22-19(26)18-14(2)21-17-11-7-8-12-25(17)18/h4-13H,3H2,1-2H3,(H,22,26)/b23-20+. The van der Waals surface area contributed by atoms with Crippen molar-refractivity contribution in [2.24, 2.45) is 5.10 Å². The van der Waals surface area contributed by atoms with Gasteiger partial charge in [0.2, 0.25) is 4.80 Å². The van der Waals surface area contributed by atoms with Crippen molar-refractivity contribution in [1.82, 2.24) is 19.4 Å². The molecule has 4 rings (SSSR count). The highest BCUT2D eigenvalue weighted by molar-refractivity contribution is 7.07. The van der Waals surface area contributed by atoms with Gasteiger partial charge >= 0.3 is 0 Å². The van der Waals surface area contributed by atoms with E-state index in [1.165, 1.54) is 11.3 Å². The number of nitrogens with zero attached hydrogens (tertiary/aromatic N) is 4. The van der Waals surface area contributed by atoms with Gasteiger partial charge < -0.3 is 4.57 Å². The lowest BCUT2D eigenvalue weighted by Gasteiger charge is -2.06. The predicted molar refractivity (Wildman–Crippen MR) is 106 cm³/mol. The highest BCUT2D eigenvalue weighted by Crippen LogP contribution is 2.19. The molecule has 27 heavy (non-hydrogen) atoms. The molecule has 0 spiro atoms. The summed E-state index contributed by atoms with van der Waals surface area (Å²) >= 11 is 1.50. The number of hydrogen-bond donors (Lipinski definition) is 1. The number of benzene rings is 1. The Balaban J connectivity index is 1.68. The van der Waals surface area contributed by atoms with E-state index in [4.69, 9.17) is 0 Å². The molecular formula is C20H19N5OS. The molecule has 0 atom stereocenters. The predicted octanol–water partition coefficient (Wildman–Crippen LogP) is 3.44. The molecule has 1 amide bonds. The molecule has 1 N–H and O–H groups in total. The molecule has 0 unspecified atom stereocenters. The third kappa shape index (κ3) is 3.17. The van der Waals surface area contributed by atoms with Gasteiger partial charge in [-0.15, -0.1) is 16.4 Å². The zero-order valence-corrected chi connectivity index (χ0v) is 15.9. The number of carbonyl (C=O) groups is 1. The van der Waals surface area contributed by atoms with E-state index in [-0.39, 0.29) is 5.91 Å². The number of nitrogens with one attached hydrogen (secondary N) is 1. The second-order valence-electron chi connectivity index (χ2n) is 6.04. The molecule has 0 radical (unpaired) electrons. The van der Waals surface area contributed by atoms with Gasteiger partial charge in [-0.1, -0.05) is 36.4 Å². The minimum atomic E-state index is -0.275. The minimum Gasteiger partial charge on any atom is -0.315 e. The number of rotatable bonds is 4. The third-order valence-corrected chi connectivity index (χ3v) is 5.22. The average molecular weight is 377 g/mol. The van der Waals surface area contributed by atoms with Gasteiger partial charge in [0.05, 0.1) is 11.4 Å². The SMILES string of the molecule is CCn1c(-c2ccccc2)cs/c1=N/NC(=O)c1c(C)nc2ccccn12. The molecule has 3 heterocycles. The van der Waals surface area contributed by atoms with Crippen LogP contribution >= 0.6 is 11.3 Å². The van der Waals surface area contributed by atoms with Crippen molar-refractivity contribution in [2.75, 3.05) is 0 Å². The number of thiazole rings is 1. The summed E-state index contributed by atoms with van der Waals surface area (Å²) < 4.78 is 3.86. The molecule has 4 aromatic rings. The fourth-order valence-corrected chi connectivity index (χ4v) is 4.04. The molecule has 3 aromatic heterocycles. The topological polar surface area (TPSA) is 63.7 Å². The van der Waals surface area contributed by atoms with Crippen LogP contribution in [-0.2, 0) is 6.54 Å². The summed E-state index contributed by atoms with van der Waals surface area (Å²) in [6, 6.07) is 15.8. The van der Waals surface area contributed by atoms with E-state index in [9.17, 15) is 4.79 Å². The Morgan fingerprint density at radius 1 is 1.19 bits per heavy atom. The van der Waals surface area contributed by atoms with Crippen LogP contribution in [0, 0.1) is 6.92 Å². The highest BCUT2D eigenvalue weighted by Gasteiger charge is 2.16. The van der Waals surface area contributed by atoms with Crippen molar-refractivity contribution in [3.63, 3.8) is 0 Å². The average Bonchev–Trinajstić information content (AvgIpc) is 3.26. The molecule has 6 nitrogen and oxygen atoms in total. The molecule has 0 bridgehead atoms. The van der Waals surface area contributed by atoms with E-state index in [0.717, 1.165) is 28.3 Å². The first-order valence-electron chi connectivity index (χ1n) is 8.70. The normalized spacial score (nSPS) is 11.9. The Morgan fingerprint density at radius 2 is 1.96 bits per heavy atom. The maximum absolute atomic E-state index is 12.7. The van der Waals surface area contributed by atoms with Crippen LogP contribution < -0.4 is 10.2 Å². The maximum Gasteiger partial charge on any atom is 0.290 e. The van der Waals surface area contributed by atoms with Crippen LogP contribution in [0.15, 0.2) is 65.2 Å². The molecule has 0 saturated carbocycles. The van der Waals surface area contributed by atoms with Crippen molar-refractivity contribution in [2.45, 2.75) is 20.4 Å². The fourth-order valence-electron chi connectivity index (χ4n) is 3.10. The molecule has 0 aliphatic rings. The number of hydrogen-bond acceptors (Lipinski definition) is 4. The largest absolute Gasteiger partial charge is 0.315 e. The van der Waals surface area contributed by atoms with Crippen molar-refractivity contribution >= 4 is 22.9 Å². The van der Waals surface area contributed by atoms with Crippen LogP contribution in [0.3, 0.4) is 0 Å². The lowest BCUT2D eigenvalue weighted by atomic mass is 10.2. The van der Waals surface area contributed by atoms with Gasteiger partial charge in [0, 0.05) is 18.1 Å². The van der Waals surface area contributed by atoms with Crippen molar-refractivity contribution in [3.8, 4) is 11.3 Å². The van der Waals surface area contributed by atoms with E-state index in [1.807, 2.05) is 49.5 Å². The third-order valence-electron chi connectivity index (χ3n) is 4.36. The zero-order chi connectivity index (χ0) is 18.8. The first-order valence-corrected chi connectivity index (χ1v) is 9.58. The zero-order valence-electron chi connectivity index (χ0n) is 15.1. The van der Waals surface area contributed by atoms with Crippen LogP contribution in [0.1, 0.15) is 23.1 Å². The van der Waals surface area contributed by atoms with Gasteiger partial charge in [0.25, 0.3) is 5.91 Å². The first kappa shape index (κ1) is 17.2. The molecule has 7 heteroatoms. The number of imidazole rings is 1. The smallest absolute Gasteiger partial charge is 0.290 e. The molecule has 0 saturated heterocycles. The van der Waals surface area contributed by atoms with Crippen molar-refractivity contribution < 1.29 is 4.79 Å². The molecule has 0 aliphatic heterocycles. The molecule has 136 valence electrons. The van der Waals surface area contributed by atoms with E-state index >= 15 is 0 Å². The van der Waals surface area contributed by atoms with Crippen LogP contribution in [0.2, 0.25) is 0 Å². The number of amides is 1. The van der Waals surface area contributed by atoms with Crippen molar-refractivity contribution in [1.29, 1.82) is 0 Å². The maximum atomic E-state index is 12.7. The monoisotopic (exact) mass is 377 g/mol. The number of aromatic nitrogens is 3.